The van der Waals surface area contributed by atoms with Crippen LogP contribution in [0.15, 0.2) is 30.9 Å². The standard InChI is InChI=1S/C12H12ClF3N2O/c1-2-5-17-7-11(19)18-8-3-4-10(13)9(6-8)12(14,15)16/h2-4,6,17H,1,5,7H2,(H,18,19). The summed E-state index contributed by atoms with van der Waals surface area (Å²) in [6.45, 7) is 3.87. The van der Waals surface area contributed by atoms with Crippen LogP contribution in [0.2, 0.25) is 5.02 Å². The summed E-state index contributed by atoms with van der Waals surface area (Å²) < 4.78 is 37.8. The Balaban J connectivity index is 2.75. The maximum Gasteiger partial charge on any atom is 0.417 e. The van der Waals surface area contributed by atoms with Crippen LogP contribution in [-0.4, -0.2) is 19.0 Å². The molecule has 0 saturated carbocycles. The van der Waals surface area contributed by atoms with E-state index in [1.165, 1.54) is 6.07 Å². The Morgan fingerprint density at radius 3 is 2.68 bits per heavy atom. The number of hydrogen-bond acceptors (Lipinski definition) is 2. The lowest BCUT2D eigenvalue weighted by molar-refractivity contribution is -0.137. The first-order valence-electron chi connectivity index (χ1n) is 5.33. The predicted molar refractivity (Wildman–Crippen MR) is 68.2 cm³/mol. The summed E-state index contributed by atoms with van der Waals surface area (Å²) in [5.74, 6) is -0.447. The summed E-state index contributed by atoms with van der Waals surface area (Å²) in [6, 6.07) is 3.20. The smallest absolute Gasteiger partial charge is 0.325 e. The summed E-state index contributed by atoms with van der Waals surface area (Å²) in [5.41, 5.74) is -0.937. The predicted octanol–water partition coefficient (Wildman–Crippen LogP) is 3.07. The minimum Gasteiger partial charge on any atom is -0.325 e. The topological polar surface area (TPSA) is 41.1 Å². The largest absolute Gasteiger partial charge is 0.417 e. The molecule has 2 N–H and O–H groups in total. The van der Waals surface area contributed by atoms with Gasteiger partial charge in [0.2, 0.25) is 5.91 Å². The van der Waals surface area contributed by atoms with Crippen LogP contribution in [0.4, 0.5) is 18.9 Å². The zero-order valence-corrected chi connectivity index (χ0v) is 10.6. The summed E-state index contributed by atoms with van der Waals surface area (Å²) in [7, 11) is 0. The van der Waals surface area contributed by atoms with Crippen LogP contribution in [0.1, 0.15) is 5.56 Å². The highest BCUT2D eigenvalue weighted by molar-refractivity contribution is 6.31. The van der Waals surface area contributed by atoms with Crippen molar-refractivity contribution in [2.24, 2.45) is 0 Å². The Kier molecular flexibility index (Phi) is 5.38. The molecule has 0 spiro atoms. The number of carbonyl (C=O) groups is 1. The minimum absolute atomic E-state index is 0.0179. The second-order valence-corrected chi connectivity index (χ2v) is 4.07. The summed E-state index contributed by atoms with van der Waals surface area (Å²) >= 11 is 5.46. The molecule has 0 saturated heterocycles. The van der Waals surface area contributed by atoms with Gasteiger partial charge in [0.15, 0.2) is 0 Å². The van der Waals surface area contributed by atoms with E-state index in [2.05, 4.69) is 17.2 Å². The fourth-order valence-electron chi connectivity index (χ4n) is 1.31. The van der Waals surface area contributed by atoms with Crippen LogP contribution in [-0.2, 0) is 11.0 Å². The van der Waals surface area contributed by atoms with Crippen molar-refractivity contribution in [2.45, 2.75) is 6.18 Å². The Morgan fingerprint density at radius 1 is 1.42 bits per heavy atom. The highest BCUT2D eigenvalue weighted by Gasteiger charge is 2.33. The van der Waals surface area contributed by atoms with E-state index in [1.807, 2.05) is 0 Å². The summed E-state index contributed by atoms with van der Waals surface area (Å²) in [5, 5.41) is 4.67. The van der Waals surface area contributed by atoms with Crippen LogP contribution in [0.5, 0.6) is 0 Å². The Morgan fingerprint density at radius 2 is 2.11 bits per heavy atom. The normalized spacial score (nSPS) is 11.2. The first-order chi connectivity index (χ1) is 8.84. The monoisotopic (exact) mass is 292 g/mol. The van der Waals surface area contributed by atoms with Gasteiger partial charge in [-0.25, -0.2) is 0 Å². The average Bonchev–Trinajstić information content (AvgIpc) is 2.30. The van der Waals surface area contributed by atoms with Crippen LogP contribution in [0.3, 0.4) is 0 Å². The quantitative estimate of drug-likeness (QED) is 0.647. The van der Waals surface area contributed by atoms with E-state index >= 15 is 0 Å². The zero-order chi connectivity index (χ0) is 14.5. The highest BCUT2D eigenvalue weighted by Crippen LogP contribution is 2.36. The van der Waals surface area contributed by atoms with Crippen LogP contribution in [0, 0.1) is 0 Å². The van der Waals surface area contributed by atoms with Gasteiger partial charge in [-0.05, 0) is 18.2 Å². The number of halogens is 4. The number of hydrogen-bond donors (Lipinski definition) is 2. The molecule has 1 amide bonds. The molecule has 0 aliphatic carbocycles. The Labute approximate surface area is 113 Å². The maximum atomic E-state index is 12.6. The van der Waals surface area contributed by atoms with Gasteiger partial charge in [-0.1, -0.05) is 17.7 Å². The third-order valence-corrected chi connectivity index (χ3v) is 2.46. The molecular formula is C12H12ClF3N2O. The van der Waals surface area contributed by atoms with Crippen LogP contribution < -0.4 is 10.6 Å². The van der Waals surface area contributed by atoms with Crippen LogP contribution in [0.25, 0.3) is 0 Å². The van der Waals surface area contributed by atoms with Gasteiger partial charge >= 0.3 is 6.18 Å². The van der Waals surface area contributed by atoms with Gasteiger partial charge in [-0.3, -0.25) is 4.79 Å². The molecule has 0 radical (unpaired) electrons. The molecule has 104 valence electrons. The Hall–Kier alpha value is -1.53. The van der Waals surface area contributed by atoms with E-state index in [0.29, 0.717) is 6.54 Å². The van der Waals surface area contributed by atoms with E-state index in [1.54, 1.807) is 6.08 Å². The van der Waals surface area contributed by atoms with Gasteiger partial charge in [0, 0.05) is 12.2 Å². The number of carbonyl (C=O) groups excluding carboxylic acids is 1. The minimum atomic E-state index is -4.56. The van der Waals surface area contributed by atoms with E-state index in [0.717, 1.165) is 12.1 Å². The number of amides is 1. The van der Waals surface area contributed by atoms with Gasteiger partial charge in [-0.2, -0.15) is 13.2 Å². The highest BCUT2D eigenvalue weighted by atomic mass is 35.5. The van der Waals surface area contributed by atoms with Crippen molar-refractivity contribution in [3.05, 3.63) is 41.4 Å². The molecular weight excluding hydrogens is 281 g/mol. The van der Waals surface area contributed by atoms with E-state index in [-0.39, 0.29) is 12.2 Å². The first kappa shape index (κ1) is 15.5. The summed E-state index contributed by atoms with van der Waals surface area (Å²) in [6.07, 6.45) is -2.99. The lowest BCUT2D eigenvalue weighted by Crippen LogP contribution is -2.28. The molecule has 0 aliphatic rings. The maximum absolute atomic E-state index is 12.6. The molecule has 0 bridgehead atoms. The van der Waals surface area contributed by atoms with Gasteiger partial charge in [0.05, 0.1) is 17.1 Å². The van der Waals surface area contributed by atoms with Crippen molar-refractivity contribution in [1.82, 2.24) is 5.32 Å². The van der Waals surface area contributed by atoms with E-state index < -0.39 is 22.7 Å². The third kappa shape index (κ3) is 4.92. The van der Waals surface area contributed by atoms with Crippen molar-refractivity contribution >= 4 is 23.2 Å². The first-order valence-corrected chi connectivity index (χ1v) is 5.70. The number of anilines is 1. The third-order valence-electron chi connectivity index (χ3n) is 2.13. The molecule has 7 heteroatoms. The SMILES string of the molecule is C=CCNCC(=O)Nc1ccc(Cl)c(C(F)(F)F)c1. The molecule has 19 heavy (non-hydrogen) atoms. The molecule has 0 heterocycles. The van der Waals surface area contributed by atoms with Gasteiger partial charge < -0.3 is 10.6 Å². The lowest BCUT2D eigenvalue weighted by Gasteiger charge is -2.11. The lowest BCUT2D eigenvalue weighted by atomic mass is 10.2. The number of alkyl halides is 3. The zero-order valence-electron chi connectivity index (χ0n) is 9.85. The molecule has 0 aromatic heterocycles. The molecule has 1 aromatic carbocycles. The van der Waals surface area contributed by atoms with Crippen LogP contribution >= 0.6 is 11.6 Å². The second-order valence-electron chi connectivity index (χ2n) is 3.66. The van der Waals surface area contributed by atoms with Crippen molar-refractivity contribution in [1.29, 1.82) is 0 Å². The number of nitrogens with one attached hydrogen (secondary N) is 2. The summed E-state index contributed by atoms with van der Waals surface area (Å²) in [4.78, 5) is 11.4. The fourth-order valence-corrected chi connectivity index (χ4v) is 1.54. The molecule has 3 nitrogen and oxygen atoms in total. The molecule has 1 aromatic rings. The fraction of sp³-hybridized carbons (Fsp3) is 0.250. The van der Waals surface area contributed by atoms with Gasteiger partial charge in [-0.15, -0.1) is 6.58 Å². The number of benzene rings is 1. The number of rotatable bonds is 5. The van der Waals surface area contributed by atoms with Crippen molar-refractivity contribution in [3.8, 4) is 0 Å². The van der Waals surface area contributed by atoms with E-state index in [4.69, 9.17) is 11.6 Å². The molecule has 0 aliphatic heterocycles. The Bertz CT molecular complexity index is 475. The molecule has 0 unspecified atom stereocenters. The second kappa shape index (κ2) is 6.58. The van der Waals surface area contributed by atoms with Gasteiger partial charge in [0.1, 0.15) is 0 Å². The van der Waals surface area contributed by atoms with Gasteiger partial charge in [0.25, 0.3) is 0 Å². The molecule has 0 atom stereocenters. The molecule has 1 rings (SSSR count). The van der Waals surface area contributed by atoms with Crippen molar-refractivity contribution in [3.63, 3.8) is 0 Å². The van der Waals surface area contributed by atoms with Crippen molar-refractivity contribution in [2.75, 3.05) is 18.4 Å². The van der Waals surface area contributed by atoms with Crippen molar-refractivity contribution < 1.29 is 18.0 Å². The molecule has 0 fully saturated rings. The average molecular weight is 293 g/mol. The van der Waals surface area contributed by atoms with E-state index in [9.17, 15) is 18.0 Å².